The van der Waals surface area contributed by atoms with Gasteiger partial charge in [-0.05, 0) is 92.9 Å². The van der Waals surface area contributed by atoms with Gasteiger partial charge in [-0.15, -0.1) is 0 Å². The molecule has 2 amide bonds. The molecule has 1 fully saturated rings. The summed E-state index contributed by atoms with van der Waals surface area (Å²) in [6.45, 7) is 1.49. The van der Waals surface area contributed by atoms with E-state index in [1.165, 1.54) is 21.6 Å². The predicted molar refractivity (Wildman–Crippen MR) is 128 cm³/mol. The van der Waals surface area contributed by atoms with Gasteiger partial charge in [-0.1, -0.05) is 6.07 Å². The van der Waals surface area contributed by atoms with Crippen molar-refractivity contribution in [1.82, 2.24) is 14.7 Å². The molecular formula is C23H31N6NaO3S. The molecule has 0 radical (unpaired) electrons. The third-order valence-electron chi connectivity index (χ3n) is 7.03. The van der Waals surface area contributed by atoms with Gasteiger partial charge in [0.2, 0.25) is 0 Å². The zero-order chi connectivity index (χ0) is 23.2. The molecule has 34 heavy (non-hydrogen) atoms. The number of likely N-dealkylation sites (N-methyl/N-ethyl adjacent to an activating group) is 1. The van der Waals surface area contributed by atoms with Crippen LogP contribution in [0.1, 0.15) is 47.9 Å². The van der Waals surface area contributed by atoms with Gasteiger partial charge in [0.1, 0.15) is 0 Å². The van der Waals surface area contributed by atoms with Crippen molar-refractivity contribution in [2.75, 3.05) is 29.8 Å². The summed E-state index contributed by atoms with van der Waals surface area (Å²) in [7, 11) is -0.556. The molecule has 1 atom stereocenters. The maximum atomic E-state index is 13.5. The fraction of sp³-hybridized carbons (Fsp3) is 0.565. The van der Waals surface area contributed by atoms with Crippen LogP contribution in [-0.2, 0) is 42.9 Å². The Hall–Kier alpha value is -1.59. The molecule has 2 aliphatic carbocycles. The third kappa shape index (κ3) is 5.02. The van der Waals surface area contributed by atoms with Crippen molar-refractivity contribution in [3.05, 3.63) is 45.4 Å². The first-order valence-corrected chi connectivity index (χ1v) is 13.1. The number of nitrogens with zero attached hydrogens (tertiary/aromatic N) is 5. The SMILES string of the molecule is CN1CCCC(N(c2cnn(C)c2)S(=O)(=O)[N-]C(=O)Nc2c3c(cc4c2CCC4)CCC3)C1.[Na+]. The minimum absolute atomic E-state index is 0. The monoisotopic (exact) mass is 494 g/mol. The van der Waals surface area contributed by atoms with Crippen LogP contribution in [0.3, 0.4) is 0 Å². The van der Waals surface area contributed by atoms with E-state index in [9.17, 15) is 13.2 Å². The van der Waals surface area contributed by atoms with Gasteiger partial charge in [-0.25, -0.2) is 8.42 Å². The van der Waals surface area contributed by atoms with Crippen molar-refractivity contribution < 1.29 is 42.8 Å². The average Bonchev–Trinajstić information content (AvgIpc) is 3.48. The Morgan fingerprint density at radius 3 is 2.38 bits per heavy atom. The molecule has 5 rings (SSSR count). The van der Waals surface area contributed by atoms with E-state index in [1.807, 2.05) is 7.05 Å². The first-order valence-electron chi connectivity index (χ1n) is 11.7. The third-order valence-corrected chi connectivity index (χ3v) is 8.43. The van der Waals surface area contributed by atoms with Crippen LogP contribution in [-0.4, -0.2) is 55.3 Å². The Kier molecular flexibility index (Phi) is 7.64. The summed E-state index contributed by atoms with van der Waals surface area (Å²) in [5.41, 5.74) is 6.07. The fourth-order valence-electron chi connectivity index (χ4n) is 5.63. The second kappa shape index (κ2) is 10.2. The maximum Gasteiger partial charge on any atom is 1.00 e. The molecule has 2 aromatic rings. The topological polar surface area (TPSA) is 102 Å². The Labute approximate surface area is 223 Å². The Bertz CT molecular complexity index is 1150. The summed E-state index contributed by atoms with van der Waals surface area (Å²) < 4.78 is 33.5. The number of aryl methyl sites for hydroxylation is 3. The molecule has 0 spiro atoms. The van der Waals surface area contributed by atoms with Gasteiger partial charge in [0.05, 0.1) is 17.9 Å². The number of likely N-dealkylation sites (tertiary alicyclic amines) is 1. The number of piperidine rings is 1. The molecule has 0 saturated carbocycles. The molecule has 1 unspecified atom stereocenters. The molecule has 2 heterocycles. The van der Waals surface area contributed by atoms with Gasteiger partial charge in [0.25, 0.3) is 10.2 Å². The molecule has 1 aliphatic heterocycles. The molecule has 1 N–H and O–H groups in total. The minimum atomic E-state index is -4.27. The summed E-state index contributed by atoms with van der Waals surface area (Å²) in [6.07, 6.45) is 10.7. The standard InChI is InChI=1S/C23H32N6O3S.Na/c1-27-11-5-8-18(14-27)29(19-13-24-28(2)15-19)33(31,32)26-23(30)25-22-20-9-3-6-16(20)12-17-7-4-10-21(17)22;/h12-13,15,18H,3-11,14H2,1-2H3,(H2,25,26,30);/q;+1/p-1. The fourth-order valence-corrected chi connectivity index (χ4v) is 6.88. The number of nitrogens with one attached hydrogen (secondary N) is 1. The van der Waals surface area contributed by atoms with Crippen molar-refractivity contribution in [2.24, 2.45) is 7.05 Å². The van der Waals surface area contributed by atoms with E-state index in [0.717, 1.165) is 68.3 Å². The number of carbonyl (C=O) groups is 1. The number of urea groups is 1. The molecule has 0 bridgehead atoms. The smallest absolute Gasteiger partial charge is 0.423 e. The van der Waals surface area contributed by atoms with Gasteiger partial charge in [0.15, 0.2) is 6.03 Å². The van der Waals surface area contributed by atoms with E-state index in [-0.39, 0.29) is 35.6 Å². The van der Waals surface area contributed by atoms with E-state index in [4.69, 9.17) is 0 Å². The van der Waals surface area contributed by atoms with Crippen LogP contribution in [0.25, 0.3) is 4.72 Å². The maximum absolute atomic E-state index is 13.5. The van der Waals surface area contributed by atoms with Gasteiger partial charge in [0, 0.05) is 19.8 Å². The molecular weight excluding hydrogens is 463 g/mol. The van der Waals surface area contributed by atoms with Crippen LogP contribution in [0, 0.1) is 0 Å². The van der Waals surface area contributed by atoms with Crippen molar-refractivity contribution in [2.45, 2.75) is 57.4 Å². The van der Waals surface area contributed by atoms with E-state index in [2.05, 4.69) is 26.1 Å². The number of anilines is 2. The van der Waals surface area contributed by atoms with Crippen molar-refractivity contribution in [3.8, 4) is 0 Å². The Balaban J connectivity index is 0.00000274. The van der Waals surface area contributed by atoms with Crippen LogP contribution in [0.2, 0.25) is 0 Å². The molecule has 1 saturated heterocycles. The average molecular weight is 495 g/mol. The van der Waals surface area contributed by atoms with E-state index >= 15 is 0 Å². The number of carbonyl (C=O) groups excluding carboxylic acids is 1. The summed E-state index contributed by atoms with van der Waals surface area (Å²) >= 11 is 0. The second-order valence-electron chi connectivity index (χ2n) is 9.46. The summed E-state index contributed by atoms with van der Waals surface area (Å²) in [5.74, 6) is 0. The van der Waals surface area contributed by atoms with Crippen molar-refractivity contribution in [1.29, 1.82) is 0 Å². The number of fused-ring (bicyclic) bond motifs is 2. The zero-order valence-electron chi connectivity index (χ0n) is 20.2. The largest absolute Gasteiger partial charge is 1.00 e. The number of amides is 2. The van der Waals surface area contributed by atoms with Crippen LogP contribution in [0.5, 0.6) is 0 Å². The van der Waals surface area contributed by atoms with E-state index in [0.29, 0.717) is 18.7 Å². The predicted octanol–water partition coefficient (Wildman–Crippen LogP) is 0.153. The first kappa shape index (κ1) is 25.5. The minimum Gasteiger partial charge on any atom is -0.423 e. The van der Waals surface area contributed by atoms with Gasteiger partial charge < -0.3 is 14.9 Å². The molecule has 178 valence electrons. The van der Waals surface area contributed by atoms with Crippen molar-refractivity contribution >= 4 is 27.6 Å². The molecule has 3 aliphatic rings. The second-order valence-corrected chi connectivity index (χ2v) is 10.9. The quantitative estimate of drug-likeness (QED) is 0.597. The number of benzene rings is 1. The summed E-state index contributed by atoms with van der Waals surface area (Å²) in [5, 5.41) is 7.02. The Morgan fingerprint density at radius 1 is 1.12 bits per heavy atom. The first-order chi connectivity index (χ1) is 15.8. The van der Waals surface area contributed by atoms with Crippen LogP contribution in [0.4, 0.5) is 16.2 Å². The number of aromatic nitrogens is 2. The molecule has 1 aromatic heterocycles. The van der Waals surface area contributed by atoms with Crippen LogP contribution in [0.15, 0.2) is 18.5 Å². The van der Waals surface area contributed by atoms with E-state index < -0.39 is 16.2 Å². The zero-order valence-corrected chi connectivity index (χ0v) is 23.1. The Morgan fingerprint density at radius 2 is 1.79 bits per heavy atom. The van der Waals surface area contributed by atoms with Crippen LogP contribution < -0.4 is 39.2 Å². The molecule has 9 nitrogen and oxygen atoms in total. The van der Waals surface area contributed by atoms with E-state index in [1.54, 1.807) is 17.9 Å². The number of hydrogen-bond donors (Lipinski definition) is 1. The number of rotatable bonds is 5. The summed E-state index contributed by atoms with van der Waals surface area (Å²) in [4.78, 5) is 15.1. The van der Waals surface area contributed by atoms with Crippen LogP contribution >= 0.6 is 0 Å². The molecule has 11 heteroatoms. The van der Waals surface area contributed by atoms with Gasteiger partial charge in [-0.2, -0.15) is 5.10 Å². The van der Waals surface area contributed by atoms with Crippen molar-refractivity contribution in [3.63, 3.8) is 0 Å². The summed E-state index contributed by atoms with van der Waals surface area (Å²) in [6, 6.07) is 1.14. The molecule has 1 aromatic carbocycles. The van der Waals surface area contributed by atoms with Gasteiger partial charge in [-0.3, -0.25) is 13.8 Å². The normalized spacial score (nSPS) is 19.8. The number of hydrogen-bond acceptors (Lipinski definition) is 5. The van der Waals surface area contributed by atoms with Gasteiger partial charge >= 0.3 is 29.6 Å².